The molecule has 0 aromatic carbocycles. The Bertz CT molecular complexity index is 447. The van der Waals surface area contributed by atoms with Gasteiger partial charge in [-0.25, -0.2) is 0 Å². The molecule has 1 amide bonds. The smallest absolute Gasteiger partial charge is 0.241 e. The molecule has 2 aliphatic rings. The fourth-order valence-electron chi connectivity index (χ4n) is 3.29. The molecule has 1 aromatic heterocycles. The van der Waals surface area contributed by atoms with Crippen molar-refractivity contribution in [2.24, 2.45) is 5.41 Å². The number of rotatable bonds is 4. The highest BCUT2D eigenvalue weighted by Crippen LogP contribution is 2.46. The minimum atomic E-state index is -0.0546. The first-order valence-electron chi connectivity index (χ1n) is 7.25. The van der Waals surface area contributed by atoms with E-state index in [2.05, 4.69) is 34.7 Å². The molecule has 2 heterocycles. The third kappa shape index (κ3) is 2.21. The number of hydrogen-bond acceptors (Lipinski definition) is 3. The maximum Gasteiger partial charge on any atom is 0.241 e. The van der Waals surface area contributed by atoms with E-state index in [1.807, 2.05) is 6.92 Å². The van der Waals surface area contributed by atoms with E-state index in [9.17, 15) is 4.79 Å². The Morgan fingerprint density at radius 1 is 1.53 bits per heavy atom. The van der Waals surface area contributed by atoms with E-state index in [0.29, 0.717) is 5.41 Å². The second kappa shape index (κ2) is 4.91. The van der Waals surface area contributed by atoms with Crippen molar-refractivity contribution in [3.63, 3.8) is 0 Å². The maximum atomic E-state index is 12.4. The van der Waals surface area contributed by atoms with Gasteiger partial charge in [0.25, 0.3) is 0 Å². The molecule has 0 radical (unpaired) electrons. The molecular formula is C15H22N2OS. The number of nitrogens with zero attached hydrogens (tertiary/aromatic N) is 1. The molecule has 2 unspecified atom stereocenters. The van der Waals surface area contributed by atoms with Crippen molar-refractivity contribution in [2.75, 3.05) is 6.54 Å². The van der Waals surface area contributed by atoms with Gasteiger partial charge >= 0.3 is 0 Å². The number of amides is 1. The summed E-state index contributed by atoms with van der Waals surface area (Å²) in [4.78, 5) is 15.7. The molecule has 1 saturated heterocycles. The summed E-state index contributed by atoms with van der Waals surface area (Å²) in [6, 6.07) is 4.13. The van der Waals surface area contributed by atoms with Gasteiger partial charge in [-0.15, -0.1) is 11.3 Å². The van der Waals surface area contributed by atoms with E-state index in [4.69, 9.17) is 0 Å². The van der Waals surface area contributed by atoms with Crippen molar-refractivity contribution < 1.29 is 4.79 Å². The summed E-state index contributed by atoms with van der Waals surface area (Å²) in [6.07, 6.45) is 5.15. The highest BCUT2D eigenvalue weighted by Gasteiger charge is 2.44. The number of carbonyl (C=O) groups excluding carboxylic acids is 1. The molecule has 3 rings (SSSR count). The van der Waals surface area contributed by atoms with E-state index in [1.54, 1.807) is 11.3 Å². The predicted molar refractivity (Wildman–Crippen MR) is 77.9 cm³/mol. The van der Waals surface area contributed by atoms with Crippen LogP contribution in [0.5, 0.6) is 0 Å². The predicted octanol–water partition coefficient (Wildman–Crippen LogP) is 3.15. The van der Waals surface area contributed by atoms with Crippen molar-refractivity contribution in [1.29, 1.82) is 0 Å². The van der Waals surface area contributed by atoms with Crippen LogP contribution in [0, 0.1) is 5.41 Å². The first kappa shape index (κ1) is 13.1. The molecule has 0 bridgehead atoms. The Hall–Kier alpha value is -0.870. The van der Waals surface area contributed by atoms with Crippen LogP contribution in [0.3, 0.4) is 0 Å². The molecule has 1 aliphatic carbocycles. The van der Waals surface area contributed by atoms with Gasteiger partial charge in [0.15, 0.2) is 0 Å². The van der Waals surface area contributed by atoms with Gasteiger partial charge in [-0.2, -0.15) is 0 Å². The second-order valence-corrected chi connectivity index (χ2v) is 6.96. The van der Waals surface area contributed by atoms with E-state index in [-0.39, 0.29) is 18.1 Å². The van der Waals surface area contributed by atoms with Crippen LogP contribution in [0.1, 0.15) is 50.6 Å². The van der Waals surface area contributed by atoms with Crippen LogP contribution in [-0.4, -0.2) is 23.4 Å². The lowest BCUT2D eigenvalue weighted by atomic mass is 9.66. The molecule has 1 aromatic rings. The Morgan fingerprint density at radius 3 is 2.84 bits per heavy atom. The van der Waals surface area contributed by atoms with Crippen molar-refractivity contribution in [3.8, 4) is 0 Å². The fraction of sp³-hybridized carbons (Fsp3) is 0.667. The molecule has 2 fully saturated rings. The maximum absolute atomic E-state index is 12.4. The van der Waals surface area contributed by atoms with Crippen LogP contribution in [0.2, 0.25) is 0 Å². The lowest BCUT2D eigenvalue weighted by Crippen LogP contribution is -2.44. The van der Waals surface area contributed by atoms with Gasteiger partial charge in [0.2, 0.25) is 5.91 Å². The van der Waals surface area contributed by atoms with Gasteiger partial charge in [0.05, 0.1) is 6.04 Å². The summed E-state index contributed by atoms with van der Waals surface area (Å²) in [6.45, 7) is 5.15. The highest BCUT2D eigenvalue weighted by atomic mass is 32.1. The zero-order valence-electron chi connectivity index (χ0n) is 11.7. The summed E-state index contributed by atoms with van der Waals surface area (Å²) in [5.74, 6) is 0.262. The quantitative estimate of drug-likeness (QED) is 0.917. The molecule has 2 atom stereocenters. The molecule has 104 valence electrons. The molecule has 1 aliphatic heterocycles. The fourth-order valence-corrected chi connectivity index (χ4v) is 4.08. The lowest BCUT2D eigenvalue weighted by molar-refractivity contribution is -0.132. The summed E-state index contributed by atoms with van der Waals surface area (Å²) in [5, 5.41) is 5.52. The van der Waals surface area contributed by atoms with Crippen LogP contribution < -0.4 is 5.32 Å². The summed E-state index contributed by atoms with van der Waals surface area (Å²) >= 11 is 1.73. The first-order valence-corrected chi connectivity index (χ1v) is 8.13. The van der Waals surface area contributed by atoms with Gasteiger partial charge in [0.1, 0.15) is 6.17 Å². The minimum Gasteiger partial charge on any atom is -0.320 e. The van der Waals surface area contributed by atoms with Gasteiger partial charge in [0, 0.05) is 11.4 Å². The zero-order chi connectivity index (χ0) is 13.5. The van der Waals surface area contributed by atoms with Crippen LogP contribution >= 0.6 is 11.3 Å². The highest BCUT2D eigenvalue weighted by molar-refractivity contribution is 7.10. The van der Waals surface area contributed by atoms with Gasteiger partial charge < -0.3 is 4.90 Å². The topological polar surface area (TPSA) is 32.3 Å². The Kier molecular flexibility index (Phi) is 3.39. The minimum absolute atomic E-state index is 0.0546. The number of carbonyl (C=O) groups is 1. The van der Waals surface area contributed by atoms with Crippen LogP contribution in [0.25, 0.3) is 0 Å². The number of hydrogen-bond donors (Lipinski definition) is 1. The first-order chi connectivity index (χ1) is 9.15. The molecule has 1 saturated carbocycles. The average molecular weight is 278 g/mol. The summed E-state index contributed by atoms with van der Waals surface area (Å²) in [7, 11) is 0. The van der Waals surface area contributed by atoms with E-state index in [1.165, 1.54) is 30.6 Å². The van der Waals surface area contributed by atoms with Gasteiger partial charge in [-0.05, 0) is 43.0 Å². The molecule has 4 heteroatoms. The molecular weight excluding hydrogens is 256 g/mol. The van der Waals surface area contributed by atoms with Crippen LogP contribution in [0.15, 0.2) is 17.5 Å². The Labute approximate surface area is 119 Å². The monoisotopic (exact) mass is 278 g/mol. The summed E-state index contributed by atoms with van der Waals surface area (Å²) < 4.78 is 0. The number of nitrogens with one attached hydrogen (secondary N) is 1. The van der Waals surface area contributed by atoms with Gasteiger partial charge in [-0.3, -0.25) is 10.1 Å². The van der Waals surface area contributed by atoms with Crippen molar-refractivity contribution in [2.45, 2.75) is 51.7 Å². The normalized spacial score (nSPS) is 29.6. The molecule has 0 spiro atoms. The molecule has 3 nitrogen and oxygen atoms in total. The Balaban J connectivity index is 1.81. The summed E-state index contributed by atoms with van der Waals surface area (Å²) in [5.41, 5.74) is 0.386. The third-order valence-corrected chi connectivity index (χ3v) is 5.78. The molecule has 1 N–H and O–H groups in total. The van der Waals surface area contributed by atoms with Crippen molar-refractivity contribution in [1.82, 2.24) is 10.2 Å². The number of thiophene rings is 1. The third-order valence-electron chi connectivity index (χ3n) is 4.86. The van der Waals surface area contributed by atoms with Crippen molar-refractivity contribution >= 4 is 17.2 Å². The van der Waals surface area contributed by atoms with Crippen molar-refractivity contribution in [3.05, 3.63) is 22.4 Å². The van der Waals surface area contributed by atoms with Gasteiger partial charge in [-0.1, -0.05) is 19.4 Å². The van der Waals surface area contributed by atoms with Crippen LogP contribution in [0.4, 0.5) is 0 Å². The molecule has 19 heavy (non-hydrogen) atoms. The SMILES string of the molecule is CCC1(CN2C(=O)C(C)NC2c2cccs2)CCC1. The standard InChI is InChI=1S/C15H22N2OS/c1-3-15(7-5-8-15)10-17-13(12-6-4-9-19-12)16-11(2)14(17)18/h4,6,9,11,13,16H,3,5,7-8,10H2,1-2H3. The average Bonchev–Trinajstić information content (AvgIpc) is 2.96. The Morgan fingerprint density at radius 2 is 2.32 bits per heavy atom. The lowest BCUT2D eigenvalue weighted by Gasteiger charge is -2.44. The zero-order valence-corrected chi connectivity index (χ0v) is 12.5. The van der Waals surface area contributed by atoms with E-state index < -0.39 is 0 Å². The second-order valence-electron chi connectivity index (χ2n) is 5.98. The van der Waals surface area contributed by atoms with E-state index >= 15 is 0 Å². The largest absolute Gasteiger partial charge is 0.320 e. The van der Waals surface area contributed by atoms with E-state index in [0.717, 1.165) is 6.54 Å². The van der Waals surface area contributed by atoms with Crippen LogP contribution in [-0.2, 0) is 4.79 Å².